The topological polar surface area (TPSA) is 75.3 Å². The molecule has 3 rings (SSSR count). The van der Waals surface area contributed by atoms with E-state index in [2.05, 4.69) is 10.6 Å². The molecule has 0 aromatic heterocycles. The normalized spacial score (nSPS) is 15.7. The Morgan fingerprint density at radius 2 is 1.65 bits per heavy atom. The van der Waals surface area contributed by atoms with Gasteiger partial charge in [0.05, 0.1) is 0 Å². The standard InChI is InChI=1S/C17H12N2O3S/c20-13(14-15(21)18-17(23)19-16(14)22)8-6-10-5-7-11-3-1-2-4-12(11)9-10/h1-9,14H,(H2,18,19,21,22,23)/b8-6+. The van der Waals surface area contributed by atoms with Crippen LogP contribution in [-0.2, 0) is 14.4 Å². The molecule has 23 heavy (non-hydrogen) atoms. The van der Waals surface area contributed by atoms with Crippen molar-refractivity contribution in [3.63, 3.8) is 0 Å². The lowest BCUT2D eigenvalue weighted by Crippen LogP contribution is -2.57. The molecule has 0 atom stereocenters. The van der Waals surface area contributed by atoms with Crippen LogP contribution in [0.4, 0.5) is 0 Å². The molecule has 6 heteroatoms. The maximum absolute atomic E-state index is 12.1. The number of nitrogens with one attached hydrogen (secondary N) is 2. The number of thiocarbonyl (C=S) groups is 1. The van der Waals surface area contributed by atoms with E-state index in [0.717, 1.165) is 16.3 Å². The van der Waals surface area contributed by atoms with E-state index < -0.39 is 23.5 Å². The predicted molar refractivity (Wildman–Crippen MR) is 90.4 cm³/mol. The zero-order valence-corrected chi connectivity index (χ0v) is 12.7. The van der Waals surface area contributed by atoms with Crippen LogP contribution in [0.1, 0.15) is 5.56 Å². The summed E-state index contributed by atoms with van der Waals surface area (Å²) in [7, 11) is 0. The zero-order valence-electron chi connectivity index (χ0n) is 11.9. The van der Waals surface area contributed by atoms with Crippen LogP contribution in [0.15, 0.2) is 48.5 Å². The second kappa shape index (κ2) is 6.10. The maximum Gasteiger partial charge on any atom is 0.246 e. The second-order valence-electron chi connectivity index (χ2n) is 5.08. The molecule has 1 aliphatic heterocycles. The number of carbonyl (C=O) groups is 3. The lowest BCUT2D eigenvalue weighted by molar-refractivity contribution is -0.140. The Bertz CT molecular complexity index is 853. The highest BCUT2D eigenvalue weighted by Gasteiger charge is 2.37. The third kappa shape index (κ3) is 3.17. The number of hydrogen-bond acceptors (Lipinski definition) is 4. The first-order valence-corrected chi connectivity index (χ1v) is 7.32. The summed E-state index contributed by atoms with van der Waals surface area (Å²) in [6.07, 6.45) is 2.82. The minimum Gasteiger partial charge on any atom is -0.302 e. The molecule has 0 aliphatic carbocycles. The van der Waals surface area contributed by atoms with Gasteiger partial charge in [-0.3, -0.25) is 14.4 Å². The van der Waals surface area contributed by atoms with Crippen LogP contribution in [0.2, 0.25) is 0 Å². The van der Waals surface area contributed by atoms with Crippen LogP contribution < -0.4 is 10.6 Å². The molecule has 0 unspecified atom stereocenters. The van der Waals surface area contributed by atoms with E-state index in [-0.39, 0.29) is 5.11 Å². The average Bonchev–Trinajstić information content (AvgIpc) is 2.51. The summed E-state index contributed by atoms with van der Waals surface area (Å²) in [5.41, 5.74) is 0.809. The van der Waals surface area contributed by atoms with Gasteiger partial charge in [-0.2, -0.15) is 0 Å². The van der Waals surface area contributed by atoms with Crippen molar-refractivity contribution in [3.05, 3.63) is 54.1 Å². The van der Waals surface area contributed by atoms with Gasteiger partial charge in [0.25, 0.3) is 0 Å². The number of rotatable bonds is 3. The molecule has 2 amide bonds. The minimum atomic E-state index is -1.40. The molecule has 2 N–H and O–H groups in total. The minimum absolute atomic E-state index is 0.0810. The molecule has 5 nitrogen and oxygen atoms in total. The molecule has 1 fully saturated rings. The fourth-order valence-electron chi connectivity index (χ4n) is 2.36. The molecule has 0 bridgehead atoms. The van der Waals surface area contributed by atoms with Crippen LogP contribution in [-0.4, -0.2) is 22.7 Å². The third-order valence-corrected chi connectivity index (χ3v) is 3.70. The van der Waals surface area contributed by atoms with Crippen molar-refractivity contribution in [1.82, 2.24) is 10.6 Å². The smallest absolute Gasteiger partial charge is 0.246 e. The quantitative estimate of drug-likeness (QED) is 0.510. The zero-order chi connectivity index (χ0) is 16.4. The molecule has 1 heterocycles. The van der Waals surface area contributed by atoms with Gasteiger partial charge >= 0.3 is 0 Å². The van der Waals surface area contributed by atoms with Gasteiger partial charge in [-0.1, -0.05) is 42.5 Å². The highest BCUT2D eigenvalue weighted by atomic mass is 32.1. The number of carbonyl (C=O) groups excluding carboxylic acids is 3. The maximum atomic E-state index is 12.1. The first-order chi connectivity index (χ1) is 11.0. The van der Waals surface area contributed by atoms with E-state index >= 15 is 0 Å². The van der Waals surface area contributed by atoms with Crippen molar-refractivity contribution in [2.24, 2.45) is 5.92 Å². The average molecular weight is 324 g/mol. The van der Waals surface area contributed by atoms with Gasteiger partial charge < -0.3 is 10.6 Å². The number of benzene rings is 2. The molecule has 2 aromatic rings. The highest BCUT2D eigenvalue weighted by Crippen LogP contribution is 2.17. The van der Waals surface area contributed by atoms with Gasteiger partial charge in [0.15, 0.2) is 16.8 Å². The molecule has 2 aromatic carbocycles. The molecule has 114 valence electrons. The van der Waals surface area contributed by atoms with E-state index in [1.54, 1.807) is 6.08 Å². The Morgan fingerprint density at radius 3 is 2.35 bits per heavy atom. The summed E-state index contributed by atoms with van der Waals surface area (Å²) >= 11 is 4.69. The SMILES string of the molecule is O=C(/C=C/c1ccc2ccccc2c1)C1C(=O)NC(=S)NC1=O. The summed E-state index contributed by atoms with van der Waals surface area (Å²) in [5.74, 6) is -3.40. The Morgan fingerprint density at radius 1 is 1.00 bits per heavy atom. The van der Waals surface area contributed by atoms with Crippen molar-refractivity contribution in [1.29, 1.82) is 0 Å². The summed E-state index contributed by atoms with van der Waals surface area (Å²) in [6, 6.07) is 13.6. The molecule has 0 saturated carbocycles. The van der Waals surface area contributed by atoms with Gasteiger partial charge in [-0.15, -0.1) is 0 Å². The predicted octanol–water partition coefficient (Wildman–Crippen LogP) is 1.57. The van der Waals surface area contributed by atoms with Gasteiger partial charge in [-0.05, 0) is 40.7 Å². The third-order valence-electron chi connectivity index (χ3n) is 3.50. The van der Waals surface area contributed by atoms with E-state index in [4.69, 9.17) is 12.2 Å². The van der Waals surface area contributed by atoms with E-state index in [1.165, 1.54) is 6.08 Å². The summed E-state index contributed by atoms with van der Waals surface area (Å²) in [6.45, 7) is 0. The second-order valence-corrected chi connectivity index (χ2v) is 5.49. The fraction of sp³-hybridized carbons (Fsp3) is 0.0588. The number of allylic oxidation sites excluding steroid dienone is 1. The van der Waals surface area contributed by atoms with Crippen LogP contribution in [0.3, 0.4) is 0 Å². The summed E-state index contributed by atoms with van der Waals surface area (Å²) in [4.78, 5) is 35.6. The number of fused-ring (bicyclic) bond motifs is 1. The Labute approximate surface area is 137 Å². The van der Waals surface area contributed by atoms with Gasteiger partial charge in [0, 0.05) is 0 Å². The molecule has 0 radical (unpaired) electrons. The lowest BCUT2D eigenvalue weighted by atomic mass is 9.99. The highest BCUT2D eigenvalue weighted by molar-refractivity contribution is 7.80. The first kappa shape index (κ1) is 15.1. The number of amides is 2. The monoisotopic (exact) mass is 324 g/mol. The number of ketones is 1. The summed E-state index contributed by atoms with van der Waals surface area (Å²) < 4.78 is 0. The van der Waals surface area contributed by atoms with Crippen molar-refractivity contribution >= 4 is 51.8 Å². The van der Waals surface area contributed by atoms with Crippen LogP contribution in [0.5, 0.6) is 0 Å². The molecule has 1 saturated heterocycles. The fourth-order valence-corrected chi connectivity index (χ4v) is 2.56. The van der Waals surface area contributed by atoms with Gasteiger partial charge in [0.1, 0.15) is 0 Å². The molecule has 0 spiro atoms. The van der Waals surface area contributed by atoms with Crippen LogP contribution in [0, 0.1) is 5.92 Å². The summed E-state index contributed by atoms with van der Waals surface area (Å²) in [5, 5.41) is 6.59. The molecular weight excluding hydrogens is 312 g/mol. The van der Waals surface area contributed by atoms with Crippen molar-refractivity contribution in [2.75, 3.05) is 0 Å². The van der Waals surface area contributed by atoms with Crippen LogP contribution >= 0.6 is 12.2 Å². The number of hydrogen-bond donors (Lipinski definition) is 2. The first-order valence-electron chi connectivity index (χ1n) is 6.91. The molecule has 1 aliphatic rings. The van der Waals surface area contributed by atoms with Crippen molar-refractivity contribution in [3.8, 4) is 0 Å². The molecular formula is C17H12N2O3S. The van der Waals surface area contributed by atoms with Crippen LogP contribution in [0.25, 0.3) is 16.8 Å². The lowest BCUT2D eigenvalue weighted by Gasteiger charge is -2.20. The van der Waals surface area contributed by atoms with Gasteiger partial charge in [0.2, 0.25) is 11.8 Å². The Kier molecular flexibility index (Phi) is 3.99. The van der Waals surface area contributed by atoms with E-state index in [1.807, 2.05) is 42.5 Å². The Hall–Kier alpha value is -2.86. The van der Waals surface area contributed by atoms with Gasteiger partial charge in [-0.25, -0.2) is 0 Å². The van der Waals surface area contributed by atoms with Crippen molar-refractivity contribution in [2.45, 2.75) is 0 Å². The largest absolute Gasteiger partial charge is 0.302 e. The Balaban J connectivity index is 1.80. The van der Waals surface area contributed by atoms with E-state index in [0.29, 0.717) is 0 Å². The van der Waals surface area contributed by atoms with Crippen molar-refractivity contribution < 1.29 is 14.4 Å². The van der Waals surface area contributed by atoms with E-state index in [9.17, 15) is 14.4 Å².